The number of nitrogens with one attached hydrogen (secondary N) is 1. The highest BCUT2D eigenvalue weighted by molar-refractivity contribution is 6.04. The van der Waals surface area contributed by atoms with Crippen LogP contribution in [0.1, 0.15) is 20.8 Å². The normalized spacial score (nSPS) is 13.3. The van der Waals surface area contributed by atoms with Crippen molar-refractivity contribution >= 4 is 5.71 Å². The summed E-state index contributed by atoms with van der Waals surface area (Å²) in [6.45, 7) is 4.75. The monoisotopic (exact) mass is 153 g/mol. The zero-order valence-corrected chi connectivity index (χ0v) is 7.03. The van der Waals surface area contributed by atoms with E-state index in [0.29, 0.717) is 5.57 Å². The number of hydrogen-bond acceptors (Lipinski definition) is 1. The third-order valence-corrected chi connectivity index (χ3v) is 1.24. The molecule has 0 aliphatic carbocycles. The molecule has 0 saturated heterocycles. The van der Waals surface area contributed by atoms with E-state index in [1.54, 1.807) is 19.9 Å². The lowest BCUT2D eigenvalue weighted by atomic mass is 10.1. The predicted molar refractivity (Wildman–Crippen MR) is 45.5 cm³/mol. The molecule has 0 bridgehead atoms. The van der Waals surface area contributed by atoms with Crippen LogP contribution in [0.4, 0.5) is 4.39 Å². The van der Waals surface area contributed by atoms with Crippen LogP contribution in [0.5, 0.6) is 0 Å². The fourth-order valence-corrected chi connectivity index (χ4v) is 0.644. The number of halogens is 1. The number of rotatable bonds is 2. The first-order valence-electron chi connectivity index (χ1n) is 3.45. The van der Waals surface area contributed by atoms with Crippen molar-refractivity contribution in [1.82, 2.24) is 0 Å². The van der Waals surface area contributed by atoms with E-state index < -0.39 is 6.17 Å². The Labute approximate surface area is 66.8 Å². The minimum atomic E-state index is -1.23. The van der Waals surface area contributed by atoms with Gasteiger partial charge in [0.05, 0.1) is 5.71 Å². The minimum absolute atomic E-state index is 0.0400. The fraction of sp³-hybridized carbons (Fsp3) is 0.444. The zero-order chi connectivity index (χ0) is 8.85. The fourth-order valence-electron chi connectivity index (χ4n) is 0.644. The van der Waals surface area contributed by atoms with Gasteiger partial charge in [-0.25, -0.2) is 4.39 Å². The summed E-state index contributed by atoms with van der Waals surface area (Å²) in [5.74, 6) is 5.29. The van der Waals surface area contributed by atoms with Crippen molar-refractivity contribution in [3.05, 3.63) is 11.6 Å². The SMILES string of the molecule is CC#C/C(=C/C)C(=N)C(C)F. The molecule has 11 heavy (non-hydrogen) atoms. The van der Waals surface area contributed by atoms with Crippen LogP contribution in [0, 0.1) is 17.3 Å². The maximum absolute atomic E-state index is 12.5. The van der Waals surface area contributed by atoms with Gasteiger partial charge in [0.2, 0.25) is 0 Å². The maximum Gasteiger partial charge on any atom is 0.140 e. The van der Waals surface area contributed by atoms with E-state index in [1.165, 1.54) is 6.92 Å². The van der Waals surface area contributed by atoms with Crippen LogP contribution < -0.4 is 0 Å². The van der Waals surface area contributed by atoms with Crippen molar-refractivity contribution in [2.75, 3.05) is 0 Å². The molecular weight excluding hydrogens is 141 g/mol. The number of allylic oxidation sites excluding steroid dienone is 2. The van der Waals surface area contributed by atoms with Crippen molar-refractivity contribution < 1.29 is 4.39 Å². The third kappa shape index (κ3) is 2.99. The van der Waals surface area contributed by atoms with E-state index in [-0.39, 0.29) is 5.71 Å². The van der Waals surface area contributed by atoms with Gasteiger partial charge in [-0.2, -0.15) is 0 Å². The summed E-state index contributed by atoms with van der Waals surface area (Å²) in [6.07, 6.45) is 0.414. The van der Waals surface area contributed by atoms with Crippen LogP contribution in [-0.4, -0.2) is 11.9 Å². The molecule has 0 rings (SSSR count). The first-order chi connectivity index (χ1) is 5.13. The van der Waals surface area contributed by atoms with Crippen LogP contribution in [0.2, 0.25) is 0 Å². The van der Waals surface area contributed by atoms with E-state index in [4.69, 9.17) is 5.41 Å². The van der Waals surface area contributed by atoms with E-state index in [1.807, 2.05) is 0 Å². The lowest BCUT2D eigenvalue weighted by Crippen LogP contribution is -2.11. The molecule has 0 aliphatic rings. The van der Waals surface area contributed by atoms with Gasteiger partial charge in [0.15, 0.2) is 0 Å². The second kappa shape index (κ2) is 4.68. The van der Waals surface area contributed by atoms with Crippen LogP contribution in [-0.2, 0) is 0 Å². The van der Waals surface area contributed by atoms with Gasteiger partial charge in [0.25, 0.3) is 0 Å². The van der Waals surface area contributed by atoms with E-state index in [2.05, 4.69) is 11.8 Å². The van der Waals surface area contributed by atoms with Gasteiger partial charge in [-0.3, -0.25) is 0 Å². The molecule has 0 spiro atoms. The standard InChI is InChI=1S/C9H12FN/c1-4-6-8(5-2)9(11)7(3)10/h5,7,11H,1-3H3/b8-5-,11-9?. The Morgan fingerprint density at radius 2 is 2.18 bits per heavy atom. The molecule has 2 heteroatoms. The summed E-state index contributed by atoms with van der Waals surface area (Å²) in [5, 5.41) is 7.26. The topological polar surface area (TPSA) is 23.9 Å². The molecule has 1 N–H and O–H groups in total. The van der Waals surface area contributed by atoms with Gasteiger partial charge in [-0.15, -0.1) is 5.92 Å². The van der Waals surface area contributed by atoms with E-state index in [9.17, 15) is 4.39 Å². The van der Waals surface area contributed by atoms with Crippen molar-refractivity contribution in [2.45, 2.75) is 26.9 Å². The quantitative estimate of drug-likeness (QED) is 0.465. The van der Waals surface area contributed by atoms with Crippen LogP contribution in [0.25, 0.3) is 0 Å². The Bertz CT molecular complexity index is 228. The average Bonchev–Trinajstić information content (AvgIpc) is 1.98. The molecule has 0 heterocycles. The Morgan fingerprint density at radius 1 is 1.64 bits per heavy atom. The van der Waals surface area contributed by atoms with Gasteiger partial charge in [-0.1, -0.05) is 12.0 Å². The molecule has 0 fully saturated rings. The van der Waals surface area contributed by atoms with E-state index >= 15 is 0 Å². The molecule has 0 aromatic rings. The Morgan fingerprint density at radius 3 is 2.45 bits per heavy atom. The van der Waals surface area contributed by atoms with Crippen LogP contribution in [0.15, 0.2) is 11.6 Å². The highest BCUT2D eigenvalue weighted by Gasteiger charge is 2.08. The summed E-state index contributed by atoms with van der Waals surface area (Å²) in [6, 6.07) is 0. The summed E-state index contributed by atoms with van der Waals surface area (Å²) in [4.78, 5) is 0. The number of alkyl halides is 1. The molecule has 1 unspecified atom stereocenters. The van der Waals surface area contributed by atoms with Gasteiger partial charge in [0, 0.05) is 5.57 Å². The van der Waals surface area contributed by atoms with Crippen LogP contribution >= 0.6 is 0 Å². The maximum atomic E-state index is 12.5. The Balaban J connectivity index is 4.50. The molecule has 0 aliphatic heterocycles. The van der Waals surface area contributed by atoms with Gasteiger partial charge in [-0.05, 0) is 20.8 Å². The lowest BCUT2D eigenvalue weighted by molar-refractivity contribution is 0.453. The van der Waals surface area contributed by atoms with Crippen molar-refractivity contribution in [3.8, 4) is 11.8 Å². The summed E-state index contributed by atoms with van der Waals surface area (Å²) in [5.41, 5.74) is 0.435. The molecule has 0 radical (unpaired) electrons. The highest BCUT2D eigenvalue weighted by atomic mass is 19.1. The van der Waals surface area contributed by atoms with Crippen molar-refractivity contribution in [3.63, 3.8) is 0 Å². The molecule has 0 aromatic carbocycles. The van der Waals surface area contributed by atoms with Gasteiger partial charge < -0.3 is 5.41 Å². The summed E-state index contributed by atoms with van der Waals surface area (Å²) >= 11 is 0. The Kier molecular flexibility index (Phi) is 4.21. The molecular formula is C9H12FN. The lowest BCUT2D eigenvalue weighted by Gasteiger charge is -2.01. The summed E-state index contributed by atoms with van der Waals surface area (Å²) < 4.78 is 12.5. The second-order valence-electron chi connectivity index (χ2n) is 2.11. The highest BCUT2D eigenvalue weighted by Crippen LogP contribution is 2.02. The predicted octanol–water partition coefficient (Wildman–Crippen LogP) is 2.33. The van der Waals surface area contributed by atoms with Gasteiger partial charge in [0.1, 0.15) is 6.17 Å². The molecule has 1 nitrogen and oxygen atoms in total. The third-order valence-electron chi connectivity index (χ3n) is 1.24. The second-order valence-corrected chi connectivity index (χ2v) is 2.11. The van der Waals surface area contributed by atoms with E-state index in [0.717, 1.165) is 0 Å². The average molecular weight is 153 g/mol. The summed E-state index contributed by atoms with van der Waals surface area (Å²) in [7, 11) is 0. The largest absolute Gasteiger partial charge is 0.301 e. The molecule has 1 atom stereocenters. The molecule has 0 aromatic heterocycles. The number of hydrogen-bond donors (Lipinski definition) is 1. The molecule has 60 valence electrons. The first kappa shape index (κ1) is 9.90. The smallest absolute Gasteiger partial charge is 0.140 e. The van der Waals surface area contributed by atoms with Crippen LogP contribution in [0.3, 0.4) is 0 Å². The molecule has 0 amide bonds. The first-order valence-corrected chi connectivity index (χ1v) is 3.45. The van der Waals surface area contributed by atoms with Gasteiger partial charge >= 0.3 is 0 Å². The Hall–Kier alpha value is -1.10. The van der Waals surface area contributed by atoms with Crippen molar-refractivity contribution in [2.24, 2.45) is 0 Å². The zero-order valence-electron chi connectivity index (χ0n) is 7.03. The van der Waals surface area contributed by atoms with Crippen molar-refractivity contribution in [1.29, 1.82) is 5.41 Å². The minimum Gasteiger partial charge on any atom is -0.301 e. The molecule has 0 saturated carbocycles.